The van der Waals surface area contributed by atoms with E-state index >= 15 is 0 Å². The second-order valence-corrected chi connectivity index (χ2v) is 7.14. The second kappa shape index (κ2) is 5.57. The molecule has 110 valence electrons. The van der Waals surface area contributed by atoms with Gasteiger partial charge in [0.1, 0.15) is 0 Å². The zero-order valence-corrected chi connectivity index (χ0v) is 12.7. The fraction of sp³-hybridized carbons (Fsp3) is 0.467. The second-order valence-electron chi connectivity index (χ2n) is 5.15. The van der Waals surface area contributed by atoms with Crippen molar-refractivity contribution in [3.05, 3.63) is 34.7 Å². The van der Waals surface area contributed by atoms with Crippen LogP contribution in [0.2, 0.25) is 0 Å². The third kappa shape index (κ3) is 2.56. The number of thiophene rings is 1. The first-order valence-corrected chi connectivity index (χ1v) is 7.89. The number of rotatable bonds is 2. The van der Waals surface area contributed by atoms with E-state index < -0.39 is 16.0 Å². The predicted octanol–water partition coefficient (Wildman–Crippen LogP) is 2.90. The molecule has 1 heterocycles. The summed E-state index contributed by atoms with van der Waals surface area (Å²) in [6.07, 6.45) is 3.76. The lowest BCUT2D eigenvalue weighted by molar-refractivity contribution is -0.0868. The van der Waals surface area contributed by atoms with Crippen LogP contribution in [-0.4, -0.2) is 0 Å². The van der Waals surface area contributed by atoms with Gasteiger partial charge >= 0.3 is 5.51 Å². The van der Waals surface area contributed by atoms with Crippen molar-refractivity contribution in [2.75, 3.05) is 0 Å². The van der Waals surface area contributed by atoms with Crippen LogP contribution in [0.5, 0.6) is 0 Å². The maximum absolute atomic E-state index is 13.4. The smallest absolute Gasteiger partial charge is 0.600 e. The molecule has 1 atom stereocenters. The predicted molar refractivity (Wildman–Crippen MR) is 73.7 cm³/mol. The molecule has 1 saturated carbocycles. The summed E-state index contributed by atoms with van der Waals surface area (Å²) in [5, 5.41) is 0.793. The highest BCUT2D eigenvalue weighted by Gasteiger charge is 2.50. The Kier molecular flexibility index (Phi) is 4.35. The van der Waals surface area contributed by atoms with Crippen LogP contribution in [0.15, 0.2) is 24.3 Å². The summed E-state index contributed by atoms with van der Waals surface area (Å²) in [6.45, 7) is 2.02. The number of halogens is 4. The Morgan fingerprint density at radius 2 is 1.90 bits per heavy atom. The van der Waals surface area contributed by atoms with Gasteiger partial charge in [-0.3, -0.25) is 0 Å². The lowest BCUT2D eigenvalue weighted by Crippen LogP contribution is -3.00. The number of benzene rings is 1. The molecule has 1 aliphatic rings. The van der Waals surface area contributed by atoms with E-state index in [1.54, 1.807) is 6.07 Å². The van der Waals surface area contributed by atoms with E-state index in [1.807, 2.05) is 25.1 Å². The molecule has 20 heavy (non-hydrogen) atoms. The quantitative estimate of drug-likeness (QED) is 0.746. The van der Waals surface area contributed by atoms with Crippen molar-refractivity contribution in [3.63, 3.8) is 0 Å². The molecule has 1 aromatic heterocycles. The molecule has 0 N–H and O–H groups in total. The number of hydrogen-bond acceptors (Lipinski definition) is 0. The Labute approximate surface area is 125 Å². The lowest BCUT2D eigenvalue weighted by atomic mass is 9.84. The fourth-order valence-electron chi connectivity index (χ4n) is 2.69. The fourth-order valence-corrected chi connectivity index (χ4v) is 4.83. The van der Waals surface area contributed by atoms with Crippen molar-refractivity contribution in [1.82, 2.24) is 0 Å². The van der Waals surface area contributed by atoms with Crippen LogP contribution in [0.1, 0.15) is 42.5 Å². The maximum Gasteiger partial charge on any atom is 0.600 e. The molecular weight excluding hydrogens is 305 g/mol. The molecule has 5 heteroatoms. The van der Waals surface area contributed by atoms with Crippen molar-refractivity contribution in [2.45, 2.75) is 44.0 Å². The lowest BCUT2D eigenvalue weighted by Gasteiger charge is -2.21. The molecule has 2 aromatic rings. The van der Waals surface area contributed by atoms with E-state index in [9.17, 15) is 13.2 Å². The van der Waals surface area contributed by atoms with E-state index in [0.717, 1.165) is 36.6 Å². The highest BCUT2D eigenvalue weighted by molar-refractivity contribution is 7.38. The van der Waals surface area contributed by atoms with E-state index in [2.05, 4.69) is 0 Å². The van der Waals surface area contributed by atoms with Gasteiger partial charge in [0.25, 0.3) is 0 Å². The van der Waals surface area contributed by atoms with Crippen molar-refractivity contribution in [3.8, 4) is 0 Å². The van der Waals surface area contributed by atoms with Gasteiger partial charge < -0.3 is 12.4 Å². The first kappa shape index (κ1) is 15.6. The van der Waals surface area contributed by atoms with Gasteiger partial charge in [-0.15, -0.1) is 13.2 Å². The Morgan fingerprint density at radius 1 is 1.20 bits per heavy atom. The Hall–Kier alpha value is -0.740. The normalized spacial score (nSPS) is 16.9. The van der Waals surface area contributed by atoms with E-state index in [4.69, 9.17) is 0 Å². The van der Waals surface area contributed by atoms with Gasteiger partial charge in [-0.05, 0) is 37.0 Å². The van der Waals surface area contributed by atoms with Crippen LogP contribution in [0, 0.1) is 0 Å². The van der Waals surface area contributed by atoms with Gasteiger partial charge in [0.15, 0.2) is 9.58 Å². The molecule has 1 aromatic carbocycles. The van der Waals surface area contributed by atoms with E-state index in [1.165, 1.54) is 0 Å². The summed E-state index contributed by atoms with van der Waals surface area (Å²) >= 11 is 0. The zero-order chi connectivity index (χ0) is 13.6. The van der Waals surface area contributed by atoms with Crippen molar-refractivity contribution in [1.29, 1.82) is 0 Å². The molecule has 1 unspecified atom stereocenters. The van der Waals surface area contributed by atoms with Gasteiger partial charge in [-0.25, -0.2) is 0 Å². The number of fused-ring (bicyclic) bond motifs is 1. The third-order valence-corrected chi connectivity index (χ3v) is 6.17. The molecule has 0 bridgehead atoms. The maximum atomic E-state index is 13.4. The molecule has 1 fully saturated rings. The van der Waals surface area contributed by atoms with E-state index in [-0.39, 0.29) is 18.3 Å². The van der Waals surface area contributed by atoms with Crippen molar-refractivity contribution < 1.29 is 25.6 Å². The minimum Gasteiger partial charge on any atom is -1.00 e. The van der Waals surface area contributed by atoms with Gasteiger partial charge in [-0.1, -0.05) is 19.4 Å². The van der Waals surface area contributed by atoms with Crippen molar-refractivity contribution in [2.24, 2.45) is 0 Å². The highest BCUT2D eigenvalue weighted by atomic mass is 35.5. The average molecular weight is 321 g/mol. The molecular formula is C15H16ClF3S. The summed E-state index contributed by atoms with van der Waals surface area (Å²) in [7, 11) is -1.69. The van der Waals surface area contributed by atoms with Crippen molar-refractivity contribution >= 4 is 20.6 Å². The van der Waals surface area contributed by atoms with E-state index in [0.29, 0.717) is 9.58 Å². The minimum atomic E-state index is -4.14. The largest absolute Gasteiger partial charge is 1.00 e. The summed E-state index contributed by atoms with van der Waals surface area (Å²) in [6, 6.07) is 7.26. The molecule has 1 aliphatic carbocycles. The molecule has 0 nitrogen and oxygen atoms in total. The molecule has 0 amide bonds. The van der Waals surface area contributed by atoms with Crippen LogP contribution in [-0.2, 0) is 11.9 Å². The van der Waals surface area contributed by atoms with Crippen LogP contribution in [0.25, 0.3) is 10.1 Å². The first-order valence-electron chi connectivity index (χ1n) is 6.66. The number of hydrogen-bond donors (Lipinski definition) is 0. The topological polar surface area (TPSA) is 0 Å². The average Bonchev–Trinajstić information content (AvgIpc) is 2.63. The first-order chi connectivity index (χ1) is 9.00. The van der Waals surface area contributed by atoms with Gasteiger partial charge in [0, 0.05) is 17.4 Å². The summed E-state index contributed by atoms with van der Waals surface area (Å²) in [5.74, 6) is 0.155. The van der Waals surface area contributed by atoms with Gasteiger partial charge in [-0.2, -0.15) is 0 Å². The zero-order valence-electron chi connectivity index (χ0n) is 11.1. The molecule has 3 rings (SSSR count). The van der Waals surface area contributed by atoms with Gasteiger partial charge in [0.2, 0.25) is 0 Å². The Morgan fingerprint density at radius 3 is 2.40 bits per heavy atom. The Bertz CT molecular complexity index is 611. The molecule has 0 saturated heterocycles. The SMILES string of the molecule is CCc1ccc2c(c1)cc(C1CCC1)[s+]2C(F)(F)F.[Cl-]. The standard InChI is InChI=1S/C15H16F3S.ClH/c1-2-10-6-7-13-12(8-10)9-14(11-4-3-5-11)19(13)15(16,17)18;/h6-9,11H,2-5H2,1H3;1H/q+1;/p-1. The summed E-state index contributed by atoms with van der Waals surface area (Å²) in [5.41, 5.74) is -3.03. The molecule has 0 aliphatic heterocycles. The third-order valence-electron chi connectivity index (χ3n) is 3.97. The van der Waals surface area contributed by atoms with Crippen LogP contribution in [0.3, 0.4) is 0 Å². The van der Waals surface area contributed by atoms with Gasteiger partial charge in [0.05, 0.1) is 10.5 Å². The summed E-state index contributed by atoms with van der Waals surface area (Å²) < 4.78 is 40.6. The molecule has 0 radical (unpaired) electrons. The number of alkyl halides is 3. The van der Waals surface area contributed by atoms with Crippen LogP contribution >= 0.6 is 10.5 Å². The highest BCUT2D eigenvalue weighted by Crippen LogP contribution is 2.56. The molecule has 0 spiro atoms. The monoisotopic (exact) mass is 320 g/mol. The van der Waals surface area contributed by atoms with Crippen LogP contribution < -0.4 is 12.4 Å². The summed E-state index contributed by atoms with van der Waals surface area (Å²) in [4.78, 5) is 0.627. The van der Waals surface area contributed by atoms with Crippen LogP contribution in [0.4, 0.5) is 13.2 Å². The Balaban J connectivity index is 0.00000147. The number of aryl methyl sites for hydroxylation is 1. The minimum absolute atomic E-state index is 0.